The number of carbonyl (C=O) groups is 1. The molecule has 0 amide bonds. The first-order valence-corrected chi connectivity index (χ1v) is 7.11. The Balaban J connectivity index is 1.50. The lowest BCUT2D eigenvalue weighted by Gasteiger charge is -2.34. The minimum absolute atomic E-state index is 0.231. The molecule has 104 valence electrons. The number of carbonyl (C=O) groups excluding carboxylic acids is 1. The van der Waals surface area contributed by atoms with Crippen molar-refractivity contribution >= 4 is 17.3 Å². The smallest absolute Gasteiger partial charge is 0.159 e. The van der Waals surface area contributed by atoms with E-state index in [2.05, 4.69) is 22.1 Å². The third-order valence-electron chi connectivity index (χ3n) is 3.92. The molecule has 0 bridgehead atoms. The normalized spacial score (nSPS) is 21.6. The summed E-state index contributed by atoms with van der Waals surface area (Å²) in [5, 5.41) is 1.09. The zero-order valence-electron chi connectivity index (χ0n) is 11.4. The van der Waals surface area contributed by atoms with Gasteiger partial charge < -0.3 is 9.53 Å². The summed E-state index contributed by atoms with van der Waals surface area (Å²) >= 11 is 0. The minimum atomic E-state index is 0.231. The van der Waals surface area contributed by atoms with Gasteiger partial charge in [-0.3, -0.25) is 0 Å². The van der Waals surface area contributed by atoms with Crippen molar-refractivity contribution in [3.63, 3.8) is 0 Å². The summed E-state index contributed by atoms with van der Waals surface area (Å²) in [6, 6.07) is 8.13. The molecule has 0 saturated heterocycles. The van der Waals surface area contributed by atoms with Gasteiger partial charge >= 0.3 is 0 Å². The zero-order chi connectivity index (χ0) is 13.8. The first-order valence-electron chi connectivity index (χ1n) is 7.11. The fourth-order valence-corrected chi connectivity index (χ4v) is 2.71. The number of nitrogens with zero attached hydrogens (tertiary/aromatic N) is 2. The molecule has 1 aliphatic rings. The molecule has 0 radical (unpaired) electrons. The van der Waals surface area contributed by atoms with Crippen molar-refractivity contribution in [1.29, 1.82) is 0 Å². The van der Waals surface area contributed by atoms with Crippen LogP contribution in [0.1, 0.15) is 25.0 Å². The van der Waals surface area contributed by atoms with Crippen LogP contribution in [0.15, 0.2) is 30.5 Å². The number of hydrogen-bond acceptors (Lipinski definition) is 4. The third kappa shape index (κ3) is 3.02. The molecule has 4 nitrogen and oxygen atoms in total. The van der Waals surface area contributed by atoms with Crippen molar-refractivity contribution in [2.45, 2.75) is 31.8 Å². The quantitative estimate of drug-likeness (QED) is 0.757. The van der Waals surface area contributed by atoms with Gasteiger partial charge in [0.25, 0.3) is 0 Å². The van der Waals surface area contributed by atoms with E-state index in [-0.39, 0.29) is 12.7 Å². The van der Waals surface area contributed by atoms with Crippen LogP contribution in [0.4, 0.5) is 0 Å². The van der Waals surface area contributed by atoms with Gasteiger partial charge in [0.1, 0.15) is 12.9 Å². The summed E-state index contributed by atoms with van der Waals surface area (Å²) in [4.78, 5) is 19.1. The van der Waals surface area contributed by atoms with Crippen LogP contribution in [-0.4, -0.2) is 29.0 Å². The number of fused-ring (bicyclic) bond motifs is 1. The number of hydrogen-bond donors (Lipinski definition) is 0. The maximum absolute atomic E-state index is 10.2. The number of aromatic nitrogens is 2. The van der Waals surface area contributed by atoms with Crippen LogP contribution in [0.25, 0.3) is 11.0 Å². The molecule has 1 aliphatic carbocycles. The molecule has 2 aromatic rings. The van der Waals surface area contributed by atoms with Crippen LogP contribution >= 0.6 is 0 Å². The Labute approximate surface area is 118 Å². The highest BCUT2D eigenvalue weighted by Crippen LogP contribution is 2.33. The predicted molar refractivity (Wildman–Crippen MR) is 76.4 cm³/mol. The monoisotopic (exact) mass is 270 g/mol. The molecular formula is C16H18N2O2. The largest absolute Gasteiger partial charge is 0.371 e. The van der Waals surface area contributed by atoms with Gasteiger partial charge in [-0.1, -0.05) is 0 Å². The SMILES string of the molecule is O=CCOC1CC(CCc2ccc3cccnc3n2)C1. The second-order valence-electron chi connectivity index (χ2n) is 5.35. The Hall–Kier alpha value is -1.81. The van der Waals surface area contributed by atoms with Crippen LogP contribution in [0.2, 0.25) is 0 Å². The molecule has 0 atom stereocenters. The van der Waals surface area contributed by atoms with E-state index in [0.717, 1.165) is 48.7 Å². The maximum Gasteiger partial charge on any atom is 0.159 e. The third-order valence-corrected chi connectivity index (χ3v) is 3.92. The number of aryl methyl sites for hydroxylation is 1. The van der Waals surface area contributed by atoms with E-state index in [1.54, 1.807) is 6.20 Å². The molecule has 0 aliphatic heterocycles. The van der Waals surface area contributed by atoms with Gasteiger partial charge in [0.2, 0.25) is 0 Å². The topological polar surface area (TPSA) is 52.1 Å². The second kappa shape index (κ2) is 6.09. The molecule has 0 unspecified atom stereocenters. The van der Waals surface area contributed by atoms with E-state index in [1.807, 2.05) is 12.1 Å². The molecule has 2 aromatic heterocycles. The Morgan fingerprint density at radius 1 is 1.30 bits per heavy atom. The van der Waals surface area contributed by atoms with E-state index in [9.17, 15) is 4.79 Å². The van der Waals surface area contributed by atoms with Crippen molar-refractivity contribution in [3.8, 4) is 0 Å². The molecule has 0 N–H and O–H groups in total. The fraction of sp³-hybridized carbons (Fsp3) is 0.438. The molecule has 1 fully saturated rings. The van der Waals surface area contributed by atoms with Crippen molar-refractivity contribution in [3.05, 3.63) is 36.2 Å². The van der Waals surface area contributed by atoms with Gasteiger partial charge in [0.15, 0.2) is 5.65 Å². The van der Waals surface area contributed by atoms with E-state index in [1.165, 1.54) is 0 Å². The van der Waals surface area contributed by atoms with Crippen LogP contribution in [0.3, 0.4) is 0 Å². The summed E-state index contributed by atoms with van der Waals surface area (Å²) in [6.45, 7) is 0.231. The first kappa shape index (κ1) is 13.2. The summed E-state index contributed by atoms with van der Waals surface area (Å²) in [7, 11) is 0. The van der Waals surface area contributed by atoms with Gasteiger partial charge in [-0.2, -0.15) is 0 Å². The molecule has 4 heteroatoms. The lowest BCUT2D eigenvalue weighted by molar-refractivity contribution is -0.117. The van der Waals surface area contributed by atoms with Gasteiger partial charge in [0, 0.05) is 17.3 Å². The lowest BCUT2D eigenvalue weighted by atomic mass is 9.79. The van der Waals surface area contributed by atoms with E-state index >= 15 is 0 Å². The minimum Gasteiger partial charge on any atom is -0.371 e. The number of aldehydes is 1. The van der Waals surface area contributed by atoms with Crippen LogP contribution < -0.4 is 0 Å². The maximum atomic E-state index is 10.2. The van der Waals surface area contributed by atoms with Gasteiger partial charge in [0.05, 0.1) is 6.10 Å². The highest BCUT2D eigenvalue weighted by Gasteiger charge is 2.29. The van der Waals surface area contributed by atoms with Crippen molar-refractivity contribution in [1.82, 2.24) is 9.97 Å². The standard InChI is InChI=1S/C16H18N2O2/c19-8-9-20-15-10-12(11-15)3-5-14-6-4-13-2-1-7-17-16(13)18-14/h1-2,4,6-8,12,15H,3,5,9-11H2. The predicted octanol–water partition coefficient (Wildman–Crippen LogP) is 2.56. The Kier molecular flexibility index (Phi) is 4.02. The average molecular weight is 270 g/mol. The van der Waals surface area contributed by atoms with Crippen molar-refractivity contribution in [2.24, 2.45) is 5.92 Å². The van der Waals surface area contributed by atoms with E-state index in [0.29, 0.717) is 5.92 Å². The Morgan fingerprint density at radius 2 is 2.20 bits per heavy atom. The van der Waals surface area contributed by atoms with E-state index in [4.69, 9.17) is 4.74 Å². The summed E-state index contributed by atoms with van der Waals surface area (Å²) in [6.07, 6.45) is 7.14. The number of pyridine rings is 2. The number of rotatable bonds is 6. The fourth-order valence-electron chi connectivity index (χ4n) is 2.71. The van der Waals surface area contributed by atoms with Crippen molar-refractivity contribution < 1.29 is 9.53 Å². The summed E-state index contributed by atoms with van der Waals surface area (Å²) in [5.41, 5.74) is 1.93. The van der Waals surface area contributed by atoms with Gasteiger partial charge in [-0.05, 0) is 55.9 Å². The Bertz CT molecular complexity index is 594. The highest BCUT2D eigenvalue weighted by molar-refractivity contribution is 5.74. The Morgan fingerprint density at radius 3 is 3.05 bits per heavy atom. The molecule has 3 rings (SSSR count). The molecular weight excluding hydrogens is 252 g/mol. The van der Waals surface area contributed by atoms with E-state index < -0.39 is 0 Å². The molecule has 20 heavy (non-hydrogen) atoms. The zero-order valence-corrected chi connectivity index (χ0v) is 11.4. The lowest BCUT2D eigenvalue weighted by Crippen LogP contribution is -2.32. The van der Waals surface area contributed by atoms with Crippen LogP contribution in [0.5, 0.6) is 0 Å². The molecule has 2 heterocycles. The van der Waals surface area contributed by atoms with Crippen molar-refractivity contribution in [2.75, 3.05) is 6.61 Å². The molecule has 0 aromatic carbocycles. The number of ether oxygens (including phenoxy) is 1. The summed E-state index contributed by atoms with van der Waals surface area (Å²) < 4.78 is 5.37. The van der Waals surface area contributed by atoms with Crippen LogP contribution in [-0.2, 0) is 16.0 Å². The first-order chi connectivity index (χ1) is 9.85. The summed E-state index contributed by atoms with van der Waals surface area (Å²) in [5.74, 6) is 0.702. The second-order valence-corrected chi connectivity index (χ2v) is 5.35. The molecule has 0 spiro atoms. The van der Waals surface area contributed by atoms with Gasteiger partial charge in [-0.15, -0.1) is 0 Å². The average Bonchev–Trinajstić information content (AvgIpc) is 2.45. The van der Waals surface area contributed by atoms with Gasteiger partial charge in [-0.25, -0.2) is 9.97 Å². The highest BCUT2D eigenvalue weighted by atomic mass is 16.5. The molecule has 1 saturated carbocycles. The van der Waals surface area contributed by atoms with Crippen LogP contribution in [0, 0.1) is 5.92 Å².